The molecule has 98 valence electrons. The first-order valence-corrected chi connectivity index (χ1v) is 7.03. The molecule has 1 saturated heterocycles. The molecule has 1 amide bonds. The van der Waals surface area contributed by atoms with E-state index in [1.807, 2.05) is 6.92 Å². The average Bonchev–Trinajstić information content (AvgIpc) is 2.75. The number of amides is 1. The van der Waals surface area contributed by atoms with Gasteiger partial charge in [-0.2, -0.15) is 0 Å². The smallest absolute Gasteiger partial charge is 0.255 e. The Kier molecular flexibility index (Phi) is 3.99. The number of aliphatic hydroxyl groups excluding tert-OH is 1. The number of aliphatic hydroxyl groups is 1. The summed E-state index contributed by atoms with van der Waals surface area (Å²) in [6, 6.07) is 5.30. The Bertz CT molecular complexity index is 480. The largest absolute Gasteiger partial charge is 0.394 e. The van der Waals surface area contributed by atoms with Crippen molar-refractivity contribution in [3.63, 3.8) is 0 Å². The fourth-order valence-corrected chi connectivity index (χ4v) is 2.92. The number of halogens is 2. The van der Waals surface area contributed by atoms with Crippen LogP contribution in [-0.4, -0.2) is 34.6 Å². The molecule has 1 fully saturated rings. The van der Waals surface area contributed by atoms with E-state index in [1.54, 1.807) is 23.1 Å². The number of rotatable bonds is 2. The van der Waals surface area contributed by atoms with Crippen LogP contribution in [-0.2, 0) is 0 Å². The molecule has 1 heterocycles. The summed E-state index contributed by atoms with van der Waals surface area (Å²) in [5.41, 5.74) is 0.00976. The van der Waals surface area contributed by atoms with E-state index < -0.39 is 5.54 Å². The van der Waals surface area contributed by atoms with Crippen molar-refractivity contribution in [1.82, 2.24) is 4.90 Å². The number of likely N-dealkylation sites (tertiary alicyclic amines) is 1. The number of hydrogen-bond acceptors (Lipinski definition) is 2. The SMILES string of the molecule is C[C@]1(CO)CCCN1C(=O)c1cccc(Br)c1Cl. The lowest BCUT2D eigenvalue weighted by Crippen LogP contribution is -2.47. The third-order valence-corrected chi connectivity index (χ3v) is 4.81. The van der Waals surface area contributed by atoms with Crippen molar-refractivity contribution in [2.24, 2.45) is 0 Å². The van der Waals surface area contributed by atoms with E-state index in [2.05, 4.69) is 15.9 Å². The van der Waals surface area contributed by atoms with E-state index in [4.69, 9.17) is 11.6 Å². The summed E-state index contributed by atoms with van der Waals surface area (Å²) in [4.78, 5) is 14.2. The lowest BCUT2D eigenvalue weighted by molar-refractivity contribution is 0.0473. The molecule has 0 aliphatic carbocycles. The Labute approximate surface area is 120 Å². The summed E-state index contributed by atoms with van der Waals surface area (Å²) in [5, 5.41) is 9.90. The molecule has 3 nitrogen and oxygen atoms in total. The Morgan fingerprint density at radius 2 is 2.33 bits per heavy atom. The highest BCUT2D eigenvalue weighted by Crippen LogP contribution is 2.33. The second-order valence-electron chi connectivity index (χ2n) is 4.82. The normalized spacial score (nSPS) is 23.4. The summed E-state index contributed by atoms with van der Waals surface area (Å²) in [7, 11) is 0. The van der Waals surface area contributed by atoms with Crippen molar-refractivity contribution < 1.29 is 9.90 Å². The standard InChI is InChI=1S/C13H15BrClNO2/c1-13(8-17)6-3-7-16(13)12(18)9-4-2-5-10(14)11(9)15/h2,4-5,17H,3,6-8H2,1H3/t13-/m1/s1. The van der Waals surface area contributed by atoms with E-state index in [0.717, 1.165) is 12.8 Å². The van der Waals surface area contributed by atoms with Crippen LogP contribution in [0.2, 0.25) is 5.02 Å². The molecule has 1 aliphatic heterocycles. The van der Waals surface area contributed by atoms with Crippen molar-refractivity contribution in [3.8, 4) is 0 Å². The van der Waals surface area contributed by atoms with Crippen LogP contribution in [0, 0.1) is 0 Å². The van der Waals surface area contributed by atoms with E-state index in [0.29, 0.717) is 21.6 Å². The van der Waals surface area contributed by atoms with Crippen LogP contribution in [0.1, 0.15) is 30.1 Å². The van der Waals surface area contributed by atoms with Gasteiger partial charge >= 0.3 is 0 Å². The van der Waals surface area contributed by atoms with Crippen LogP contribution >= 0.6 is 27.5 Å². The molecule has 5 heteroatoms. The van der Waals surface area contributed by atoms with Gasteiger partial charge in [-0.05, 0) is 47.8 Å². The Morgan fingerprint density at radius 1 is 1.61 bits per heavy atom. The minimum atomic E-state index is -0.470. The fourth-order valence-electron chi connectivity index (χ4n) is 2.35. The van der Waals surface area contributed by atoms with Crippen LogP contribution in [0.4, 0.5) is 0 Å². The Balaban J connectivity index is 2.34. The Morgan fingerprint density at radius 3 is 3.00 bits per heavy atom. The summed E-state index contributed by atoms with van der Waals surface area (Å²) < 4.78 is 0.708. The van der Waals surface area contributed by atoms with Gasteiger partial charge in [0.1, 0.15) is 0 Å². The zero-order chi connectivity index (χ0) is 13.3. The highest BCUT2D eigenvalue weighted by atomic mass is 79.9. The quantitative estimate of drug-likeness (QED) is 0.904. The van der Waals surface area contributed by atoms with Gasteiger partial charge in [0.15, 0.2) is 0 Å². The van der Waals surface area contributed by atoms with Gasteiger partial charge in [-0.3, -0.25) is 4.79 Å². The van der Waals surface area contributed by atoms with Crippen molar-refractivity contribution in [3.05, 3.63) is 33.3 Å². The third kappa shape index (κ3) is 2.29. The van der Waals surface area contributed by atoms with Crippen LogP contribution < -0.4 is 0 Å². The first-order valence-electron chi connectivity index (χ1n) is 5.86. The molecule has 0 saturated carbocycles. The van der Waals surface area contributed by atoms with Gasteiger partial charge in [0.2, 0.25) is 0 Å². The zero-order valence-electron chi connectivity index (χ0n) is 10.1. The second-order valence-corrected chi connectivity index (χ2v) is 6.05. The number of hydrogen-bond donors (Lipinski definition) is 1. The molecule has 1 N–H and O–H groups in total. The van der Waals surface area contributed by atoms with E-state index in [1.165, 1.54) is 0 Å². The van der Waals surface area contributed by atoms with E-state index in [9.17, 15) is 9.90 Å². The minimum Gasteiger partial charge on any atom is -0.394 e. The van der Waals surface area contributed by atoms with Crippen molar-refractivity contribution in [1.29, 1.82) is 0 Å². The molecular formula is C13H15BrClNO2. The zero-order valence-corrected chi connectivity index (χ0v) is 12.5. The maximum Gasteiger partial charge on any atom is 0.255 e. The molecule has 1 aromatic carbocycles. The molecule has 0 aromatic heterocycles. The first kappa shape index (κ1) is 13.8. The predicted octanol–water partition coefficient (Wildman–Crippen LogP) is 3.09. The number of carbonyl (C=O) groups excluding carboxylic acids is 1. The molecule has 0 spiro atoms. The van der Waals surface area contributed by atoms with Gasteiger partial charge in [0.25, 0.3) is 5.91 Å². The summed E-state index contributed by atoms with van der Waals surface area (Å²) in [6.07, 6.45) is 1.73. The molecule has 18 heavy (non-hydrogen) atoms. The molecule has 0 radical (unpaired) electrons. The lowest BCUT2D eigenvalue weighted by atomic mass is 9.99. The van der Waals surface area contributed by atoms with Crippen LogP contribution in [0.5, 0.6) is 0 Å². The van der Waals surface area contributed by atoms with Gasteiger partial charge in [0, 0.05) is 11.0 Å². The van der Waals surface area contributed by atoms with E-state index in [-0.39, 0.29) is 12.5 Å². The average molecular weight is 333 g/mol. The fraction of sp³-hybridized carbons (Fsp3) is 0.462. The van der Waals surface area contributed by atoms with Crippen molar-refractivity contribution in [2.75, 3.05) is 13.2 Å². The van der Waals surface area contributed by atoms with Gasteiger partial charge in [0.05, 0.1) is 22.7 Å². The molecule has 1 atom stereocenters. The number of nitrogens with zero attached hydrogens (tertiary/aromatic N) is 1. The number of benzene rings is 1. The van der Waals surface area contributed by atoms with Crippen LogP contribution in [0.25, 0.3) is 0 Å². The highest BCUT2D eigenvalue weighted by Gasteiger charge is 2.39. The summed E-state index contributed by atoms with van der Waals surface area (Å²) in [5.74, 6) is -0.115. The maximum atomic E-state index is 12.5. The highest BCUT2D eigenvalue weighted by molar-refractivity contribution is 9.10. The third-order valence-electron chi connectivity index (χ3n) is 3.52. The minimum absolute atomic E-state index is 0.0235. The van der Waals surface area contributed by atoms with Gasteiger partial charge < -0.3 is 10.0 Å². The molecule has 0 unspecified atom stereocenters. The van der Waals surface area contributed by atoms with Crippen molar-refractivity contribution in [2.45, 2.75) is 25.3 Å². The summed E-state index contributed by atoms with van der Waals surface area (Å²) in [6.45, 7) is 2.55. The molecule has 2 rings (SSSR count). The van der Waals surface area contributed by atoms with Gasteiger partial charge in [-0.15, -0.1) is 0 Å². The van der Waals surface area contributed by atoms with Crippen LogP contribution in [0.15, 0.2) is 22.7 Å². The molecule has 1 aliphatic rings. The second kappa shape index (κ2) is 5.19. The Hall–Kier alpha value is -0.580. The lowest BCUT2D eigenvalue weighted by Gasteiger charge is -2.33. The summed E-state index contributed by atoms with van der Waals surface area (Å²) >= 11 is 9.46. The predicted molar refractivity (Wildman–Crippen MR) is 74.9 cm³/mol. The number of carbonyl (C=O) groups is 1. The van der Waals surface area contributed by atoms with Crippen molar-refractivity contribution >= 4 is 33.4 Å². The van der Waals surface area contributed by atoms with Gasteiger partial charge in [-0.25, -0.2) is 0 Å². The van der Waals surface area contributed by atoms with Crippen LogP contribution in [0.3, 0.4) is 0 Å². The maximum absolute atomic E-state index is 12.5. The molecular weight excluding hydrogens is 318 g/mol. The molecule has 1 aromatic rings. The van der Waals surface area contributed by atoms with Gasteiger partial charge in [-0.1, -0.05) is 17.7 Å². The molecule has 0 bridgehead atoms. The first-order chi connectivity index (χ1) is 8.49. The monoisotopic (exact) mass is 331 g/mol. The topological polar surface area (TPSA) is 40.5 Å². The van der Waals surface area contributed by atoms with E-state index >= 15 is 0 Å².